The first kappa shape index (κ1) is 18.4. The zero-order chi connectivity index (χ0) is 16.3. The maximum Gasteiger partial charge on any atom is 0.264 e. The van der Waals surface area contributed by atoms with Gasteiger partial charge in [-0.1, -0.05) is 20.8 Å². The molecule has 0 aromatic carbocycles. The number of hydrogen-bond acceptors (Lipinski definition) is 3. The van der Waals surface area contributed by atoms with E-state index in [1.807, 2.05) is 12.3 Å². The van der Waals surface area contributed by atoms with Crippen LogP contribution in [0.15, 0.2) is 12.3 Å². The van der Waals surface area contributed by atoms with E-state index in [0.717, 1.165) is 11.3 Å². The summed E-state index contributed by atoms with van der Waals surface area (Å²) in [5, 5.41) is 0.178. The van der Waals surface area contributed by atoms with Crippen LogP contribution in [0.4, 0.5) is 0 Å². The molecule has 0 saturated heterocycles. The molecule has 1 rings (SSSR count). The van der Waals surface area contributed by atoms with Gasteiger partial charge in [0.25, 0.3) is 10.1 Å². The number of H-pyrrole nitrogens is 1. The first-order chi connectivity index (χ1) is 9.41. The molecule has 122 valence electrons. The first-order valence-corrected chi connectivity index (χ1v) is 11.7. The molecule has 0 radical (unpaired) electrons. The smallest absolute Gasteiger partial charge is 0.264 e. The summed E-state index contributed by atoms with van der Waals surface area (Å²) >= 11 is 0. The molecule has 7 heteroatoms. The quantitative estimate of drug-likeness (QED) is 0.592. The van der Waals surface area contributed by atoms with Crippen molar-refractivity contribution in [1.29, 1.82) is 0 Å². The minimum atomic E-state index is -3.86. The van der Waals surface area contributed by atoms with Gasteiger partial charge in [0.05, 0.1) is 12.4 Å². The molecule has 2 N–H and O–H groups in total. The Hall–Kier alpha value is -0.633. The maximum atomic E-state index is 10.7. The Balaban J connectivity index is 2.49. The zero-order valence-corrected chi connectivity index (χ0v) is 15.4. The van der Waals surface area contributed by atoms with Crippen LogP contribution in [0.2, 0.25) is 18.1 Å². The van der Waals surface area contributed by atoms with E-state index in [0.29, 0.717) is 19.4 Å². The molecule has 1 aromatic rings. The molecule has 0 saturated carbocycles. The van der Waals surface area contributed by atoms with Gasteiger partial charge in [0.1, 0.15) is 0 Å². The lowest BCUT2D eigenvalue weighted by Crippen LogP contribution is -2.40. The van der Waals surface area contributed by atoms with Gasteiger partial charge in [-0.25, -0.2) is 0 Å². The van der Waals surface area contributed by atoms with Crippen LogP contribution in [-0.4, -0.2) is 32.0 Å². The van der Waals surface area contributed by atoms with E-state index in [-0.39, 0.29) is 10.8 Å². The van der Waals surface area contributed by atoms with E-state index in [1.165, 1.54) is 0 Å². The second kappa shape index (κ2) is 6.64. The van der Waals surface area contributed by atoms with Crippen molar-refractivity contribution in [2.24, 2.45) is 0 Å². The van der Waals surface area contributed by atoms with Gasteiger partial charge in [0.2, 0.25) is 0 Å². The maximum absolute atomic E-state index is 10.7. The predicted octanol–water partition coefficient (Wildman–Crippen LogP) is 3.36. The fraction of sp³-hybridized carbons (Fsp3) is 0.714. The molecule has 0 fully saturated rings. The van der Waals surface area contributed by atoms with E-state index in [1.54, 1.807) is 0 Å². The van der Waals surface area contributed by atoms with Crippen molar-refractivity contribution in [1.82, 2.24) is 4.98 Å². The van der Waals surface area contributed by atoms with Crippen LogP contribution in [0.25, 0.3) is 0 Å². The summed E-state index contributed by atoms with van der Waals surface area (Å²) in [5.74, 6) is -0.200. The molecule has 0 aliphatic heterocycles. The van der Waals surface area contributed by atoms with Crippen molar-refractivity contribution in [3.8, 4) is 0 Å². The molecule has 0 atom stereocenters. The van der Waals surface area contributed by atoms with Crippen LogP contribution in [0, 0.1) is 0 Å². The Kier molecular flexibility index (Phi) is 5.82. The number of rotatable bonds is 7. The number of aryl methyl sites for hydroxylation is 1. The van der Waals surface area contributed by atoms with Gasteiger partial charge < -0.3 is 9.41 Å². The lowest BCUT2D eigenvalue weighted by molar-refractivity contribution is 0.272. The summed E-state index contributed by atoms with van der Waals surface area (Å²) in [6, 6.07) is 2.00. The van der Waals surface area contributed by atoms with E-state index >= 15 is 0 Å². The van der Waals surface area contributed by atoms with Crippen molar-refractivity contribution < 1.29 is 17.4 Å². The largest absolute Gasteiger partial charge is 0.411 e. The van der Waals surface area contributed by atoms with Crippen LogP contribution in [0.1, 0.15) is 38.4 Å². The summed E-state index contributed by atoms with van der Waals surface area (Å²) < 4.78 is 36.2. The van der Waals surface area contributed by atoms with Gasteiger partial charge in [0, 0.05) is 11.9 Å². The van der Waals surface area contributed by atoms with Crippen molar-refractivity contribution in [3.63, 3.8) is 0 Å². The minimum Gasteiger partial charge on any atom is -0.411 e. The molecule has 1 aromatic heterocycles. The Morgan fingerprint density at radius 3 is 2.48 bits per heavy atom. The van der Waals surface area contributed by atoms with E-state index in [2.05, 4.69) is 38.8 Å². The molecule has 0 amide bonds. The van der Waals surface area contributed by atoms with Gasteiger partial charge in [-0.05, 0) is 42.6 Å². The second-order valence-electron chi connectivity index (χ2n) is 6.97. The fourth-order valence-corrected chi connectivity index (χ4v) is 3.11. The standard InChI is InChI=1S/C14H27NO4SSi/c1-14(2,3)21(4,5)19-11-13-9-12(10-15-13)7-6-8-20(16,17)18/h9-10,15H,6-8,11H2,1-5H3,(H,16,17,18). The van der Waals surface area contributed by atoms with Gasteiger partial charge in [-0.3, -0.25) is 4.55 Å². The lowest BCUT2D eigenvalue weighted by atomic mass is 10.2. The number of nitrogens with one attached hydrogen (secondary N) is 1. The van der Waals surface area contributed by atoms with Crippen molar-refractivity contribution in [2.75, 3.05) is 5.75 Å². The Labute approximate surface area is 129 Å². The van der Waals surface area contributed by atoms with Crippen LogP contribution in [-0.2, 0) is 27.6 Å². The van der Waals surface area contributed by atoms with Crippen LogP contribution >= 0.6 is 0 Å². The van der Waals surface area contributed by atoms with Crippen molar-refractivity contribution >= 4 is 18.4 Å². The predicted molar refractivity (Wildman–Crippen MR) is 87.5 cm³/mol. The summed E-state index contributed by atoms with van der Waals surface area (Å²) in [6.45, 7) is 11.6. The van der Waals surface area contributed by atoms with Crippen molar-refractivity contribution in [3.05, 3.63) is 23.5 Å². The first-order valence-electron chi connectivity index (χ1n) is 7.16. The van der Waals surface area contributed by atoms with E-state index in [9.17, 15) is 8.42 Å². The fourth-order valence-electron chi connectivity index (χ4n) is 1.65. The Bertz CT molecular complexity index is 558. The third kappa shape index (κ3) is 6.33. The molecular weight excluding hydrogens is 306 g/mol. The molecule has 0 aliphatic rings. The Morgan fingerprint density at radius 1 is 1.33 bits per heavy atom. The molecule has 1 heterocycles. The highest BCUT2D eigenvalue weighted by atomic mass is 32.2. The highest BCUT2D eigenvalue weighted by molar-refractivity contribution is 7.85. The third-order valence-electron chi connectivity index (χ3n) is 4.07. The molecular formula is C14H27NO4SSi. The zero-order valence-electron chi connectivity index (χ0n) is 13.6. The minimum absolute atomic E-state index is 0.178. The molecule has 5 nitrogen and oxygen atoms in total. The van der Waals surface area contributed by atoms with E-state index < -0.39 is 18.4 Å². The van der Waals surface area contributed by atoms with Crippen LogP contribution in [0.3, 0.4) is 0 Å². The summed E-state index contributed by atoms with van der Waals surface area (Å²) in [6.07, 6.45) is 2.91. The molecule has 0 spiro atoms. The topological polar surface area (TPSA) is 79.4 Å². The summed E-state index contributed by atoms with van der Waals surface area (Å²) in [4.78, 5) is 3.16. The second-order valence-corrected chi connectivity index (χ2v) is 13.4. The van der Waals surface area contributed by atoms with Crippen molar-refractivity contribution in [2.45, 2.75) is 58.4 Å². The summed E-state index contributed by atoms with van der Waals surface area (Å²) in [5.41, 5.74) is 2.04. The van der Waals surface area contributed by atoms with Crippen LogP contribution in [0.5, 0.6) is 0 Å². The normalized spacial score (nSPS) is 13.6. The SMILES string of the molecule is CC(C)(C)[Si](C)(C)OCc1cc(CCCS(=O)(=O)O)c[nH]1. The average molecular weight is 334 g/mol. The van der Waals surface area contributed by atoms with Gasteiger partial charge in [-0.15, -0.1) is 0 Å². The molecule has 0 aliphatic carbocycles. The number of hydrogen-bond donors (Lipinski definition) is 2. The Morgan fingerprint density at radius 2 is 1.95 bits per heavy atom. The monoisotopic (exact) mass is 333 g/mol. The average Bonchev–Trinajstić information content (AvgIpc) is 2.71. The highest BCUT2D eigenvalue weighted by Crippen LogP contribution is 2.37. The highest BCUT2D eigenvalue weighted by Gasteiger charge is 2.37. The van der Waals surface area contributed by atoms with Gasteiger partial charge in [-0.2, -0.15) is 8.42 Å². The molecule has 0 bridgehead atoms. The summed E-state index contributed by atoms with van der Waals surface area (Å²) in [7, 11) is -5.62. The van der Waals surface area contributed by atoms with Gasteiger partial charge in [0.15, 0.2) is 8.32 Å². The number of aromatic nitrogens is 1. The van der Waals surface area contributed by atoms with E-state index in [4.69, 9.17) is 8.98 Å². The molecule has 21 heavy (non-hydrogen) atoms. The van der Waals surface area contributed by atoms with Gasteiger partial charge >= 0.3 is 0 Å². The lowest BCUT2D eigenvalue weighted by Gasteiger charge is -2.36. The van der Waals surface area contributed by atoms with Crippen LogP contribution < -0.4 is 0 Å². The number of aromatic amines is 1. The third-order valence-corrected chi connectivity index (χ3v) is 9.35. The molecule has 0 unspecified atom stereocenters.